The average Bonchev–Trinajstić information content (AvgIpc) is 2.03. The molecule has 0 aromatic heterocycles. The van der Waals surface area contributed by atoms with Crippen molar-refractivity contribution in [3.63, 3.8) is 0 Å². The maximum atomic E-state index is 10.5. The standard InChI is InChI=1S/C8H14O4/c1-6-4-7(5-9)12-8(2,10-3)11-6/h5-7H,4H2,1-3H3. The van der Waals surface area contributed by atoms with Crippen LogP contribution in [0.2, 0.25) is 0 Å². The van der Waals surface area contributed by atoms with Crippen molar-refractivity contribution >= 4 is 6.29 Å². The van der Waals surface area contributed by atoms with Gasteiger partial charge in [-0.2, -0.15) is 0 Å². The van der Waals surface area contributed by atoms with Crippen molar-refractivity contribution in [1.29, 1.82) is 0 Å². The Kier molecular flexibility index (Phi) is 2.82. The minimum Gasteiger partial charge on any atom is -0.331 e. The van der Waals surface area contributed by atoms with Crippen molar-refractivity contribution in [3.05, 3.63) is 0 Å². The summed E-state index contributed by atoms with van der Waals surface area (Å²) in [6, 6.07) is 0. The Morgan fingerprint density at radius 2 is 2.25 bits per heavy atom. The van der Waals surface area contributed by atoms with Crippen molar-refractivity contribution in [3.8, 4) is 0 Å². The van der Waals surface area contributed by atoms with Gasteiger partial charge in [-0.05, 0) is 6.92 Å². The van der Waals surface area contributed by atoms with Gasteiger partial charge in [0.2, 0.25) is 0 Å². The van der Waals surface area contributed by atoms with Crippen LogP contribution in [-0.4, -0.2) is 31.6 Å². The lowest BCUT2D eigenvalue weighted by molar-refractivity contribution is -0.406. The van der Waals surface area contributed by atoms with Gasteiger partial charge in [0.05, 0.1) is 6.10 Å². The zero-order valence-electron chi connectivity index (χ0n) is 7.57. The molecule has 1 rings (SSSR count). The molecule has 70 valence electrons. The molecular formula is C8H14O4. The van der Waals surface area contributed by atoms with Crippen LogP contribution in [0.3, 0.4) is 0 Å². The largest absolute Gasteiger partial charge is 0.331 e. The molecule has 0 saturated carbocycles. The van der Waals surface area contributed by atoms with Crippen LogP contribution in [0.5, 0.6) is 0 Å². The van der Waals surface area contributed by atoms with E-state index in [1.54, 1.807) is 6.92 Å². The monoisotopic (exact) mass is 174 g/mol. The summed E-state index contributed by atoms with van der Waals surface area (Å²) in [6.45, 7) is 3.54. The quantitative estimate of drug-likeness (QED) is 0.578. The number of hydrogen-bond acceptors (Lipinski definition) is 4. The molecular weight excluding hydrogens is 160 g/mol. The first-order valence-electron chi connectivity index (χ1n) is 3.95. The van der Waals surface area contributed by atoms with Gasteiger partial charge in [-0.25, -0.2) is 0 Å². The van der Waals surface area contributed by atoms with Gasteiger partial charge in [0, 0.05) is 20.5 Å². The van der Waals surface area contributed by atoms with Crippen molar-refractivity contribution < 1.29 is 19.0 Å². The summed E-state index contributed by atoms with van der Waals surface area (Å²) in [4.78, 5) is 10.5. The van der Waals surface area contributed by atoms with Gasteiger partial charge >= 0.3 is 0 Å². The molecule has 4 nitrogen and oxygen atoms in total. The van der Waals surface area contributed by atoms with Crippen LogP contribution in [0.1, 0.15) is 20.3 Å². The van der Waals surface area contributed by atoms with Crippen LogP contribution < -0.4 is 0 Å². The molecule has 1 heterocycles. The predicted molar refractivity (Wildman–Crippen MR) is 41.5 cm³/mol. The van der Waals surface area contributed by atoms with Crippen LogP contribution in [0.15, 0.2) is 0 Å². The number of carbonyl (C=O) groups excluding carboxylic acids is 1. The molecule has 0 bridgehead atoms. The highest BCUT2D eigenvalue weighted by atomic mass is 16.9. The van der Waals surface area contributed by atoms with E-state index in [-0.39, 0.29) is 6.10 Å². The molecule has 1 fully saturated rings. The second kappa shape index (κ2) is 3.51. The Balaban J connectivity index is 2.62. The number of carbonyl (C=O) groups is 1. The summed E-state index contributed by atoms with van der Waals surface area (Å²) in [7, 11) is 1.49. The molecule has 0 N–H and O–H groups in total. The molecule has 3 atom stereocenters. The summed E-state index contributed by atoms with van der Waals surface area (Å²) in [6.07, 6.45) is 0.927. The first kappa shape index (κ1) is 9.64. The number of rotatable bonds is 2. The van der Waals surface area contributed by atoms with Crippen LogP contribution in [0, 0.1) is 0 Å². The first-order valence-corrected chi connectivity index (χ1v) is 3.95. The van der Waals surface area contributed by atoms with E-state index < -0.39 is 12.1 Å². The van der Waals surface area contributed by atoms with Gasteiger partial charge in [-0.3, -0.25) is 0 Å². The predicted octanol–water partition coefficient (Wildman–Crippen LogP) is 0.699. The second-order valence-electron chi connectivity index (χ2n) is 3.02. The molecule has 0 radical (unpaired) electrons. The van der Waals surface area contributed by atoms with E-state index in [9.17, 15) is 4.79 Å². The Hall–Kier alpha value is -0.450. The molecule has 1 aliphatic heterocycles. The van der Waals surface area contributed by atoms with E-state index >= 15 is 0 Å². The maximum Gasteiger partial charge on any atom is 0.280 e. The number of hydrogen-bond donors (Lipinski definition) is 0. The lowest BCUT2D eigenvalue weighted by Crippen LogP contribution is -2.47. The van der Waals surface area contributed by atoms with E-state index in [4.69, 9.17) is 14.2 Å². The molecule has 12 heavy (non-hydrogen) atoms. The van der Waals surface area contributed by atoms with Crippen LogP contribution in [0.25, 0.3) is 0 Å². The summed E-state index contributed by atoms with van der Waals surface area (Å²) < 4.78 is 15.6. The zero-order chi connectivity index (χ0) is 9.19. The van der Waals surface area contributed by atoms with Crippen LogP contribution in [-0.2, 0) is 19.0 Å². The highest BCUT2D eigenvalue weighted by Crippen LogP contribution is 2.26. The average molecular weight is 174 g/mol. The number of aldehydes is 1. The number of methoxy groups -OCH3 is 1. The fraction of sp³-hybridized carbons (Fsp3) is 0.875. The van der Waals surface area contributed by atoms with Gasteiger partial charge in [0.1, 0.15) is 12.4 Å². The minimum atomic E-state index is -1.07. The SMILES string of the molecule is COC1(C)OC(C)CC(C=O)O1. The minimum absolute atomic E-state index is 0.0149. The normalized spacial score (nSPS) is 42.6. The van der Waals surface area contributed by atoms with E-state index in [2.05, 4.69) is 0 Å². The Labute approximate surface area is 71.8 Å². The molecule has 0 spiro atoms. The molecule has 0 amide bonds. The third-order valence-corrected chi connectivity index (χ3v) is 1.87. The summed E-state index contributed by atoms with van der Waals surface area (Å²) in [5.74, 6) is -1.07. The zero-order valence-corrected chi connectivity index (χ0v) is 7.57. The summed E-state index contributed by atoms with van der Waals surface area (Å²) in [5.41, 5.74) is 0. The maximum absolute atomic E-state index is 10.5. The summed E-state index contributed by atoms with van der Waals surface area (Å²) in [5, 5.41) is 0. The van der Waals surface area contributed by atoms with Crippen molar-refractivity contribution in [2.45, 2.75) is 38.4 Å². The Morgan fingerprint density at radius 3 is 2.75 bits per heavy atom. The molecule has 0 aliphatic carbocycles. The van der Waals surface area contributed by atoms with Crippen molar-refractivity contribution in [2.24, 2.45) is 0 Å². The molecule has 0 aromatic rings. The van der Waals surface area contributed by atoms with Gasteiger partial charge < -0.3 is 19.0 Å². The van der Waals surface area contributed by atoms with Gasteiger partial charge in [0.15, 0.2) is 0 Å². The van der Waals surface area contributed by atoms with E-state index in [0.29, 0.717) is 6.42 Å². The van der Waals surface area contributed by atoms with Gasteiger partial charge in [-0.1, -0.05) is 0 Å². The van der Waals surface area contributed by atoms with Crippen molar-refractivity contribution in [1.82, 2.24) is 0 Å². The lowest BCUT2D eigenvalue weighted by atomic mass is 10.1. The topological polar surface area (TPSA) is 44.8 Å². The van der Waals surface area contributed by atoms with E-state index in [0.717, 1.165) is 6.29 Å². The molecule has 4 heteroatoms. The molecule has 0 aromatic carbocycles. The third-order valence-electron chi connectivity index (χ3n) is 1.87. The van der Waals surface area contributed by atoms with Crippen LogP contribution >= 0.6 is 0 Å². The smallest absolute Gasteiger partial charge is 0.280 e. The molecule has 1 aliphatic rings. The highest BCUT2D eigenvalue weighted by Gasteiger charge is 2.37. The second-order valence-corrected chi connectivity index (χ2v) is 3.02. The lowest BCUT2D eigenvalue weighted by Gasteiger charge is -2.38. The van der Waals surface area contributed by atoms with Crippen molar-refractivity contribution in [2.75, 3.05) is 7.11 Å². The van der Waals surface area contributed by atoms with Crippen LogP contribution in [0.4, 0.5) is 0 Å². The highest BCUT2D eigenvalue weighted by molar-refractivity contribution is 5.56. The number of ether oxygens (including phenoxy) is 3. The third kappa shape index (κ3) is 2.03. The van der Waals surface area contributed by atoms with Gasteiger partial charge in [-0.15, -0.1) is 0 Å². The van der Waals surface area contributed by atoms with E-state index in [1.165, 1.54) is 7.11 Å². The molecule has 3 unspecified atom stereocenters. The first-order chi connectivity index (χ1) is 5.59. The Morgan fingerprint density at radius 1 is 1.58 bits per heavy atom. The Bertz CT molecular complexity index is 170. The van der Waals surface area contributed by atoms with Gasteiger partial charge in [0.25, 0.3) is 5.97 Å². The summed E-state index contributed by atoms with van der Waals surface area (Å²) >= 11 is 0. The fourth-order valence-corrected chi connectivity index (χ4v) is 1.27. The fourth-order valence-electron chi connectivity index (χ4n) is 1.27. The molecule has 1 saturated heterocycles. The van der Waals surface area contributed by atoms with E-state index in [1.807, 2.05) is 6.92 Å².